The van der Waals surface area contributed by atoms with Crippen molar-refractivity contribution in [3.8, 4) is 0 Å². The number of carbonyl (C=O) groups is 1. The van der Waals surface area contributed by atoms with Crippen LogP contribution >= 0.6 is 0 Å². The average Bonchev–Trinajstić information content (AvgIpc) is 2.39. The molecule has 2 fully saturated rings. The number of aliphatic hydroxyl groups is 1. The second kappa shape index (κ2) is 6.00. The maximum absolute atomic E-state index is 12.8. The second-order valence-corrected chi connectivity index (χ2v) is 6.96. The Morgan fingerprint density at radius 1 is 1.45 bits per heavy atom. The molecule has 0 aromatic rings. The van der Waals surface area contributed by atoms with Gasteiger partial charge < -0.3 is 20.5 Å². The van der Waals surface area contributed by atoms with Crippen molar-refractivity contribution in [2.75, 3.05) is 19.7 Å². The zero-order valence-corrected chi connectivity index (χ0v) is 12.8. The minimum absolute atomic E-state index is 0.0204. The van der Waals surface area contributed by atoms with E-state index in [0.29, 0.717) is 13.1 Å². The Bertz CT molecular complexity index is 359. The number of rotatable bonds is 2. The Balaban J connectivity index is 2.07. The fraction of sp³-hybridized carbons (Fsp3) is 0.933. The smallest absolute Gasteiger partial charge is 0.226 e. The van der Waals surface area contributed by atoms with Crippen LogP contribution in [0.1, 0.15) is 40.0 Å². The Morgan fingerprint density at radius 2 is 2.15 bits per heavy atom. The lowest BCUT2D eigenvalue weighted by atomic mass is 9.76. The molecular weight excluding hydrogens is 256 g/mol. The van der Waals surface area contributed by atoms with E-state index in [-0.39, 0.29) is 36.5 Å². The molecule has 1 amide bonds. The minimum Gasteiger partial charge on any atom is -0.394 e. The molecule has 2 aliphatic rings. The number of hydrogen-bond donors (Lipinski definition) is 2. The lowest BCUT2D eigenvalue weighted by Gasteiger charge is -2.45. The van der Waals surface area contributed by atoms with E-state index >= 15 is 0 Å². The summed E-state index contributed by atoms with van der Waals surface area (Å²) < 4.78 is 5.77. The molecule has 1 heterocycles. The first-order chi connectivity index (χ1) is 9.34. The molecule has 4 atom stereocenters. The number of carbonyl (C=O) groups excluding carboxylic acids is 1. The summed E-state index contributed by atoms with van der Waals surface area (Å²) in [6, 6.07) is 0.125. The highest BCUT2D eigenvalue weighted by Crippen LogP contribution is 2.32. The van der Waals surface area contributed by atoms with Gasteiger partial charge in [-0.15, -0.1) is 0 Å². The molecule has 0 bridgehead atoms. The monoisotopic (exact) mass is 284 g/mol. The fourth-order valence-corrected chi connectivity index (χ4v) is 3.54. The van der Waals surface area contributed by atoms with Crippen molar-refractivity contribution in [1.29, 1.82) is 0 Å². The molecule has 116 valence electrons. The Morgan fingerprint density at radius 3 is 2.80 bits per heavy atom. The molecule has 4 unspecified atom stereocenters. The van der Waals surface area contributed by atoms with Crippen molar-refractivity contribution in [3.05, 3.63) is 0 Å². The second-order valence-electron chi connectivity index (χ2n) is 6.96. The van der Waals surface area contributed by atoms with Crippen LogP contribution in [0.2, 0.25) is 0 Å². The van der Waals surface area contributed by atoms with Crippen molar-refractivity contribution < 1.29 is 14.6 Å². The van der Waals surface area contributed by atoms with Gasteiger partial charge in [0.05, 0.1) is 18.3 Å². The van der Waals surface area contributed by atoms with Crippen molar-refractivity contribution in [3.63, 3.8) is 0 Å². The van der Waals surface area contributed by atoms with E-state index in [1.807, 2.05) is 18.7 Å². The van der Waals surface area contributed by atoms with E-state index in [4.69, 9.17) is 10.5 Å². The largest absolute Gasteiger partial charge is 0.394 e. The summed E-state index contributed by atoms with van der Waals surface area (Å²) >= 11 is 0. The zero-order chi connectivity index (χ0) is 14.9. The highest BCUT2D eigenvalue weighted by atomic mass is 16.5. The Hall–Kier alpha value is -0.650. The summed E-state index contributed by atoms with van der Waals surface area (Å²) in [5.41, 5.74) is 5.71. The van der Waals surface area contributed by atoms with E-state index in [1.165, 1.54) is 0 Å². The summed E-state index contributed by atoms with van der Waals surface area (Å²) in [6.07, 6.45) is 2.68. The van der Waals surface area contributed by atoms with Gasteiger partial charge >= 0.3 is 0 Å². The van der Waals surface area contributed by atoms with Gasteiger partial charge in [0.2, 0.25) is 5.91 Å². The number of nitrogens with zero attached hydrogens (tertiary/aromatic N) is 1. The molecule has 1 aliphatic heterocycles. The van der Waals surface area contributed by atoms with Crippen molar-refractivity contribution in [2.45, 2.75) is 57.8 Å². The molecule has 1 saturated heterocycles. The van der Waals surface area contributed by atoms with E-state index < -0.39 is 5.60 Å². The van der Waals surface area contributed by atoms with E-state index in [2.05, 4.69) is 6.92 Å². The third kappa shape index (κ3) is 3.32. The molecule has 5 heteroatoms. The van der Waals surface area contributed by atoms with Gasteiger partial charge in [0, 0.05) is 25.0 Å². The summed E-state index contributed by atoms with van der Waals surface area (Å²) in [4.78, 5) is 14.7. The molecule has 5 nitrogen and oxygen atoms in total. The highest BCUT2D eigenvalue weighted by molar-refractivity contribution is 5.79. The van der Waals surface area contributed by atoms with Crippen LogP contribution in [0.15, 0.2) is 0 Å². The Kier molecular flexibility index (Phi) is 4.72. The van der Waals surface area contributed by atoms with Crippen molar-refractivity contribution in [1.82, 2.24) is 4.90 Å². The number of nitrogens with two attached hydrogens (primary N) is 1. The summed E-state index contributed by atoms with van der Waals surface area (Å²) in [7, 11) is 0. The van der Waals surface area contributed by atoms with Gasteiger partial charge in [-0.05, 0) is 32.6 Å². The number of aliphatic hydroxyl groups excluding tert-OH is 1. The van der Waals surface area contributed by atoms with Crippen LogP contribution in [0.4, 0.5) is 0 Å². The van der Waals surface area contributed by atoms with E-state index in [1.54, 1.807) is 0 Å². The molecule has 0 radical (unpaired) electrons. The topological polar surface area (TPSA) is 75.8 Å². The minimum atomic E-state index is -0.401. The van der Waals surface area contributed by atoms with Crippen LogP contribution < -0.4 is 5.73 Å². The van der Waals surface area contributed by atoms with Gasteiger partial charge in [-0.2, -0.15) is 0 Å². The fourth-order valence-electron chi connectivity index (χ4n) is 3.54. The third-order valence-electron chi connectivity index (χ3n) is 4.68. The lowest BCUT2D eigenvalue weighted by Crippen LogP contribution is -2.58. The summed E-state index contributed by atoms with van der Waals surface area (Å²) in [5, 5.41) is 9.34. The molecule has 0 aromatic carbocycles. The van der Waals surface area contributed by atoms with Crippen LogP contribution in [0, 0.1) is 11.8 Å². The summed E-state index contributed by atoms with van der Waals surface area (Å²) in [6.45, 7) is 7.03. The van der Waals surface area contributed by atoms with E-state index in [0.717, 1.165) is 19.3 Å². The number of ether oxygens (including phenoxy) is 1. The quantitative estimate of drug-likeness (QED) is 0.784. The van der Waals surface area contributed by atoms with E-state index in [9.17, 15) is 9.90 Å². The molecule has 3 N–H and O–H groups in total. The first kappa shape index (κ1) is 15.7. The van der Waals surface area contributed by atoms with Crippen LogP contribution in [-0.2, 0) is 9.53 Å². The summed E-state index contributed by atoms with van der Waals surface area (Å²) in [5.74, 6) is 0.434. The maximum Gasteiger partial charge on any atom is 0.226 e. The van der Waals surface area contributed by atoms with Gasteiger partial charge in [0.1, 0.15) is 0 Å². The van der Waals surface area contributed by atoms with Crippen LogP contribution in [0.25, 0.3) is 0 Å². The number of morpholine rings is 1. The normalized spacial score (nSPS) is 37.8. The van der Waals surface area contributed by atoms with Gasteiger partial charge in [-0.3, -0.25) is 4.79 Å². The Labute approximate surface area is 121 Å². The van der Waals surface area contributed by atoms with Gasteiger partial charge in [-0.1, -0.05) is 13.3 Å². The molecular formula is C15H28N2O3. The number of amides is 1. The van der Waals surface area contributed by atoms with Crippen molar-refractivity contribution in [2.24, 2.45) is 17.6 Å². The molecule has 1 saturated carbocycles. The van der Waals surface area contributed by atoms with Crippen LogP contribution in [0.5, 0.6) is 0 Å². The molecule has 1 aliphatic carbocycles. The van der Waals surface area contributed by atoms with Crippen LogP contribution in [0.3, 0.4) is 0 Å². The standard InChI is InChI=1S/C15H28N2O3/c1-10-12(5-4-6-13(10)16)14(19)17-7-11(8-18)20-15(2,3)9-17/h10-13,18H,4-9,16H2,1-3H3. The maximum atomic E-state index is 12.8. The van der Waals surface area contributed by atoms with Crippen LogP contribution in [-0.4, -0.2) is 53.4 Å². The molecule has 0 aromatic heterocycles. The highest BCUT2D eigenvalue weighted by Gasteiger charge is 2.40. The number of hydrogen-bond acceptors (Lipinski definition) is 4. The van der Waals surface area contributed by atoms with Crippen molar-refractivity contribution >= 4 is 5.91 Å². The average molecular weight is 284 g/mol. The first-order valence-electron chi connectivity index (χ1n) is 7.67. The SMILES string of the molecule is CC1C(N)CCCC1C(=O)N1CC(CO)OC(C)(C)C1. The molecule has 2 rings (SSSR count). The first-order valence-corrected chi connectivity index (χ1v) is 7.67. The predicted octanol–water partition coefficient (Wildman–Crippen LogP) is 0.748. The predicted molar refractivity (Wildman–Crippen MR) is 77.1 cm³/mol. The van der Waals surface area contributed by atoms with Gasteiger partial charge in [0.15, 0.2) is 0 Å². The molecule has 0 spiro atoms. The zero-order valence-electron chi connectivity index (χ0n) is 12.8. The lowest BCUT2D eigenvalue weighted by molar-refractivity contribution is -0.171. The molecule has 20 heavy (non-hydrogen) atoms. The van der Waals surface area contributed by atoms with Gasteiger partial charge in [-0.25, -0.2) is 0 Å². The van der Waals surface area contributed by atoms with Gasteiger partial charge in [0.25, 0.3) is 0 Å². The third-order valence-corrected chi connectivity index (χ3v) is 4.68.